The predicted octanol–water partition coefficient (Wildman–Crippen LogP) is 1.37. The number of sulfonamides is 1. The maximum Gasteiger partial charge on any atom is 0.251 e. The first kappa shape index (κ1) is 23.1. The van der Waals surface area contributed by atoms with E-state index in [1.165, 1.54) is 16.4 Å². The van der Waals surface area contributed by atoms with Crippen molar-refractivity contribution in [2.24, 2.45) is 5.92 Å². The van der Waals surface area contributed by atoms with E-state index in [9.17, 15) is 18.3 Å². The molecular weight excluding hydrogens is 402 g/mol. The summed E-state index contributed by atoms with van der Waals surface area (Å²) in [6.07, 6.45) is 4.55. The van der Waals surface area contributed by atoms with Gasteiger partial charge in [0.1, 0.15) is 0 Å². The SMILES string of the molecule is CN(C1CCCCC1)S(=O)(=O)c1cccc(C(=O)NCC2CNCC2O)c1.Cl. The number of β-amino-alcohol motifs (C(OH)–C–C–N with tert-alkyl or cyclic N) is 1. The Morgan fingerprint density at radius 2 is 1.96 bits per heavy atom. The first-order chi connectivity index (χ1) is 12.9. The molecule has 2 atom stereocenters. The van der Waals surface area contributed by atoms with Crippen molar-refractivity contribution in [3.63, 3.8) is 0 Å². The van der Waals surface area contributed by atoms with Crippen molar-refractivity contribution in [1.29, 1.82) is 0 Å². The third kappa shape index (κ3) is 5.24. The van der Waals surface area contributed by atoms with Gasteiger partial charge >= 0.3 is 0 Å². The number of halogens is 1. The minimum absolute atomic E-state index is 0. The Labute approximate surface area is 173 Å². The number of carbonyl (C=O) groups is 1. The Kier molecular flexibility index (Phi) is 8.27. The molecular formula is C19H30ClN3O4S. The van der Waals surface area contributed by atoms with Gasteiger partial charge in [0.2, 0.25) is 10.0 Å². The quantitative estimate of drug-likeness (QED) is 0.631. The van der Waals surface area contributed by atoms with E-state index in [0.717, 1.165) is 32.1 Å². The van der Waals surface area contributed by atoms with Crippen molar-refractivity contribution in [3.05, 3.63) is 29.8 Å². The Morgan fingerprint density at radius 3 is 2.61 bits per heavy atom. The van der Waals surface area contributed by atoms with Crippen LogP contribution in [0.3, 0.4) is 0 Å². The molecule has 0 aromatic heterocycles. The molecule has 1 heterocycles. The number of nitrogens with zero attached hydrogens (tertiary/aromatic N) is 1. The number of amides is 1. The smallest absolute Gasteiger partial charge is 0.251 e. The van der Waals surface area contributed by atoms with Gasteiger partial charge in [-0.05, 0) is 31.0 Å². The number of benzene rings is 1. The Morgan fingerprint density at radius 1 is 1.25 bits per heavy atom. The van der Waals surface area contributed by atoms with Crippen LogP contribution in [0.25, 0.3) is 0 Å². The lowest BCUT2D eigenvalue weighted by Crippen LogP contribution is -2.38. The van der Waals surface area contributed by atoms with Gasteiger partial charge in [0, 0.05) is 44.2 Å². The number of rotatable bonds is 6. The number of aliphatic hydroxyl groups is 1. The molecule has 1 saturated carbocycles. The average molecular weight is 432 g/mol. The van der Waals surface area contributed by atoms with Crippen LogP contribution in [0, 0.1) is 5.92 Å². The second-order valence-corrected chi connectivity index (χ2v) is 9.53. The lowest BCUT2D eigenvalue weighted by atomic mass is 9.96. The lowest BCUT2D eigenvalue weighted by molar-refractivity contribution is 0.0927. The highest BCUT2D eigenvalue weighted by atomic mass is 35.5. The van der Waals surface area contributed by atoms with Gasteiger partial charge in [0.25, 0.3) is 5.91 Å². The molecule has 3 rings (SSSR count). The zero-order valence-corrected chi connectivity index (χ0v) is 17.8. The number of carbonyl (C=O) groups excluding carboxylic acids is 1. The van der Waals surface area contributed by atoms with Crippen molar-refractivity contribution in [2.45, 2.75) is 49.1 Å². The van der Waals surface area contributed by atoms with E-state index in [0.29, 0.717) is 25.2 Å². The highest BCUT2D eigenvalue weighted by molar-refractivity contribution is 7.89. The summed E-state index contributed by atoms with van der Waals surface area (Å²) in [5, 5.41) is 15.7. The molecule has 2 unspecified atom stereocenters. The summed E-state index contributed by atoms with van der Waals surface area (Å²) >= 11 is 0. The van der Waals surface area contributed by atoms with Gasteiger partial charge in [0.15, 0.2) is 0 Å². The summed E-state index contributed by atoms with van der Waals surface area (Å²) in [5.74, 6) is -0.357. The number of aliphatic hydroxyl groups excluding tert-OH is 1. The normalized spacial score (nSPS) is 23.4. The number of hydrogen-bond acceptors (Lipinski definition) is 5. The van der Waals surface area contributed by atoms with Gasteiger partial charge in [-0.3, -0.25) is 4.79 Å². The van der Waals surface area contributed by atoms with Gasteiger partial charge in [-0.2, -0.15) is 4.31 Å². The van der Waals surface area contributed by atoms with Gasteiger partial charge in [-0.1, -0.05) is 25.3 Å². The number of hydrogen-bond donors (Lipinski definition) is 3. The van der Waals surface area contributed by atoms with Crippen LogP contribution in [0.1, 0.15) is 42.5 Å². The second-order valence-electron chi connectivity index (χ2n) is 7.54. The van der Waals surface area contributed by atoms with Crippen LogP contribution < -0.4 is 10.6 Å². The summed E-state index contributed by atoms with van der Waals surface area (Å²) < 4.78 is 27.4. The largest absolute Gasteiger partial charge is 0.391 e. The molecule has 28 heavy (non-hydrogen) atoms. The summed E-state index contributed by atoms with van der Waals surface area (Å²) in [5.41, 5.74) is 0.313. The highest BCUT2D eigenvalue weighted by Crippen LogP contribution is 2.26. The van der Waals surface area contributed by atoms with E-state index < -0.39 is 16.1 Å². The van der Waals surface area contributed by atoms with Crippen molar-refractivity contribution >= 4 is 28.3 Å². The second kappa shape index (κ2) is 10.0. The first-order valence-corrected chi connectivity index (χ1v) is 11.1. The molecule has 0 spiro atoms. The van der Waals surface area contributed by atoms with Gasteiger partial charge < -0.3 is 15.7 Å². The van der Waals surface area contributed by atoms with E-state index in [-0.39, 0.29) is 35.2 Å². The maximum absolute atomic E-state index is 13.0. The standard InChI is InChI=1S/C19H29N3O4S.ClH/c1-22(16-7-3-2-4-8-16)27(25,26)17-9-5-6-14(10-17)19(24)21-12-15-11-20-13-18(15)23;/h5-6,9-10,15-16,18,20,23H,2-4,7-8,11-13H2,1H3,(H,21,24);1H. The van der Waals surface area contributed by atoms with E-state index in [2.05, 4.69) is 10.6 Å². The Balaban J connectivity index is 0.00000280. The molecule has 3 N–H and O–H groups in total. The maximum atomic E-state index is 13.0. The van der Waals surface area contributed by atoms with Crippen LogP contribution in [0.2, 0.25) is 0 Å². The van der Waals surface area contributed by atoms with Crippen LogP contribution >= 0.6 is 12.4 Å². The zero-order chi connectivity index (χ0) is 19.4. The van der Waals surface area contributed by atoms with E-state index in [1.807, 2.05) is 0 Å². The molecule has 1 saturated heterocycles. The molecule has 2 fully saturated rings. The molecule has 1 amide bonds. The third-order valence-corrected chi connectivity index (χ3v) is 7.60. The molecule has 1 aromatic carbocycles. The molecule has 9 heteroatoms. The van der Waals surface area contributed by atoms with Crippen LogP contribution in [-0.2, 0) is 10.0 Å². The van der Waals surface area contributed by atoms with E-state index in [1.54, 1.807) is 19.2 Å². The molecule has 0 radical (unpaired) electrons. The fourth-order valence-corrected chi connectivity index (χ4v) is 5.32. The summed E-state index contributed by atoms with van der Waals surface area (Å²) in [4.78, 5) is 12.6. The Hall–Kier alpha value is -1.19. The number of nitrogens with one attached hydrogen (secondary N) is 2. The van der Waals surface area contributed by atoms with Crippen LogP contribution in [-0.4, -0.2) is 62.6 Å². The van der Waals surface area contributed by atoms with Crippen molar-refractivity contribution < 1.29 is 18.3 Å². The predicted molar refractivity (Wildman–Crippen MR) is 110 cm³/mol. The molecule has 1 aliphatic heterocycles. The van der Waals surface area contributed by atoms with Crippen LogP contribution in [0.4, 0.5) is 0 Å². The Bertz CT molecular complexity index is 768. The van der Waals surface area contributed by atoms with Crippen molar-refractivity contribution in [1.82, 2.24) is 14.9 Å². The summed E-state index contributed by atoms with van der Waals surface area (Å²) in [6, 6.07) is 6.21. The fraction of sp³-hybridized carbons (Fsp3) is 0.632. The fourth-order valence-electron chi connectivity index (χ4n) is 3.86. The minimum Gasteiger partial charge on any atom is -0.391 e. The lowest BCUT2D eigenvalue weighted by Gasteiger charge is -2.30. The first-order valence-electron chi connectivity index (χ1n) is 9.64. The highest BCUT2D eigenvalue weighted by Gasteiger charge is 2.30. The monoisotopic (exact) mass is 431 g/mol. The van der Waals surface area contributed by atoms with Crippen LogP contribution in [0.15, 0.2) is 29.2 Å². The van der Waals surface area contributed by atoms with E-state index >= 15 is 0 Å². The average Bonchev–Trinajstić information content (AvgIpc) is 3.11. The molecule has 0 bridgehead atoms. The van der Waals surface area contributed by atoms with Gasteiger partial charge in [0.05, 0.1) is 11.0 Å². The van der Waals surface area contributed by atoms with E-state index in [4.69, 9.17) is 0 Å². The zero-order valence-electron chi connectivity index (χ0n) is 16.1. The molecule has 2 aliphatic rings. The van der Waals surface area contributed by atoms with Gasteiger partial charge in [-0.15, -0.1) is 12.4 Å². The third-order valence-electron chi connectivity index (χ3n) is 5.69. The molecule has 1 aliphatic carbocycles. The van der Waals surface area contributed by atoms with Gasteiger partial charge in [-0.25, -0.2) is 8.42 Å². The van der Waals surface area contributed by atoms with Crippen LogP contribution in [0.5, 0.6) is 0 Å². The summed E-state index contributed by atoms with van der Waals surface area (Å²) in [7, 11) is -2.00. The molecule has 1 aromatic rings. The minimum atomic E-state index is -3.63. The topological polar surface area (TPSA) is 98.7 Å². The summed E-state index contributed by atoms with van der Waals surface area (Å²) in [6.45, 7) is 1.54. The molecule has 158 valence electrons. The molecule has 7 nitrogen and oxygen atoms in total. The van der Waals surface area contributed by atoms with Crippen molar-refractivity contribution in [3.8, 4) is 0 Å². The van der Waals surface area contributed by atoms with Crippen molar-refractivity contribution in [2.75, 3.05) is 26.7 Å².